The summed E-state index contributed by atoms with van der Waals surface area (Å²) in [5.74, 6) is -0.168. The molecule has 9 heteroatoms. The molecule has 1 aliphatic rings. The average molecular weight is 372 g/mol. The van der Waals surface area contributed by atoms with Crippen LogP contribution >= 0.6 is 0 Å². The number of pyridine rings is 1. The largest absolute Gasteiger partial charge is 0.341 e. The van der Waals surface area contributed by atoms with Gasteiger partial charge < -0.3 is 14.4 Å². The highest BCUT2D eigenvalue weighted by Crippen LogP contribution is 2.10. The highest BCUT2D eigenvalue weighted by atomic mass is 16.2. The van der Waals surface area contributed by atoms with Gasteiger partial charge in [-0.2, -0.15) is 15.4 Å². The molecule has 0 radical (unpaired) electrons. The third-order valence-electron chi connectivity index (χ3n) is 4.88. The van der Waals surface area contributed by atoms with Gasteiger partial charge in [0, 0.05) is 50.9 Å². The predicted molar refractivity (Wildman–Crippen MR) is 98.3 cm³/mol. The fourth-order valence-corrected chi connectivity index (χ4v) is 3.28. The molecule has 2 aromatic rings. The number of hydrogen-bond donors (Lipinski definition) is 1. The molecule has 27 heavy (non-hydrogen) atoms. The quantitative estimate of drug-likeness (QED) is 0.834. The van der Waals surface area contributed by atoms with Gasteiger partial charge in [0.25, 0.3) is 11.5 Å². The Morgan fingerprint density at radius 1 is 1.07 bits per heavy atom. The van der Waals surface area contributed by atoms with Gasteiger partial charge in [-0.1, -0.05) is 6.07 Å². The maximum atomic E-state index is 12.6. The third-order valence-corrected chi connectivity index (χ3v) is 4.88. The van der Waals surface area contributed by atoms with Crippen LogP contribution in [0, 0.1) is 13.8 Å². The Bertz CT molecular complexity index is 887. The van der Waals surface area contributed by atoms with E-state index >= 15 is 0 Å². The smallest absolute Gasteiger partial charge is 0.276 e. The molecule has 0 aromatic carbocycles. The second-order valence-corrected chi connectivity index (χ2v) is 6.69. The summed E-state index contributed by atoms with van der Waals surface area (Å²) in [5, 5.41) is 10.3. The molecule has 2 amide bonds. The van der Waals surface area contributed by atoms with Crippen molar-refractivity contribution in [2.24, 2.45) is 0 Å². The normalized spacial score (nSPS) is 14.9. The standard InChI is InChI=1S/C18H24N6O3/c1-13-5-3-6-16(26)24(13)10-7-15(25)22-8-4-9-23(12-11-22)18(27)17-14(2)19-21-20-17/h3,5-6H,4,7-12H2,1-2H3,(H,19,20,21). The lowest BCUT2D eigenvalue weighted by Crippen LogP contribution is -2.38. The maximum Gasteiger partial charge on any atom is 0.276 e. The SMILES string of the molecule is Cc1n[nH]nc1C(=O)N1CCCN(C(=O)CCn2c(C)cccc2=O)CC1. The molecule has 0 saturated carbocycles. The minimum atomic E-state index is -0.165. The number of nitrogens with one attached hydrogen (secondary N) is 1. The highest BCUT2D eigenvalue weighted by molar-refractivity contribution is 5.93. The molecule has 0 bridgehead atoms. The van der Waals surface area contributed by atoms with Gasteiger partial charge in [-0.25, -0.2) is 0 Å². The van der Waals surface area contributed by atoms with Crippen molar-refractivity contribution in [3.05, 3.63) is 45.6 Å². The topological polar surface area (TPSA) is 104 Å². The molecule has 3 rings (SSSR count). The van der Waals surface area contributed by atoms with Gasteiger partial charge in [0.1, 0.15) is 0 Å². The van der Waals surface area contributed by atoms with Crippen molar-refractivity contribution in [3.8, 4) is 0 Å². The van der Waals surface area contributed by atoms with Crippen LogP contribution in [0.2, 0.25) is 0 Å². The summed E-state index contributed by atoms with van der Waals surface area (Å²) in [5.41, 5.74) is 1.64. The van der Waals surface area contributed by atoms with Crippen molar-refractivity contribution in [3.63, 3.8) is 0 Å². The number of aromatic amines is 1. The first-order valence-electron chi connectivity index (χ1n) is 9.08. The maximum absolute atomic E-state index is 12.6. The summed E-state index contributed by atoms with van der Waals surface area (Å²) >= 11 is 0. The molecular weight excluding hydrogens is 348 g/mol. The molecule has 2 aromatic heterocycles. The minimum absolute atomic E-state index is 0.00271. The van der Waals surface area contributed by atoms with Crippen LogP contribution in [0.5, 0.6) is 0 Å². The van der Waals surface area contributed by atoms with Crippen molar-refractivity contribution in [1.82, 2.24) is 29.8 Å². The van der Waals surface area contributed by atoms with Gasteiger partial charge in [-0.15, -0.1) is 0 Å². The van der Waals surface area contributed by atoms with Crippen molar-refractivity contribution in [2.45, 2.75) is 33.2 Å². The lowest BCUT2D eigenvalue weighted by atomic mass is 10.3. The van der Waals surface area contributed by atoms with E-state index < -0.39 is 0 Å². The Kier molecular flexibility index (Phi) is 5.68. The summed E-state index contributed by atoms with van der Waals surface area (Å²) in [4.78, 5) is 40.5. The summed E-state index contributed by atoms with van der Waals surface area (Å²) in [6.07, 6.45) is 0.972. The number of hydrogen-bond acceptors (Lipinski definition) is 5. The van der Waals surface area contributed by atoms with Crippen LogP contribution in [0.25, 0.3) is 0 Å². The first-order valence-corrected chi connectivity index (χ1v) is 9.08. The molecule has 1 saturated heterocycles. The Morgan fingerprint density at radius 2 is 1.81 bits per heavy atom. The lowest BCUT2D eigenvalue weighted by molar-refractivity contribution is -0.131. The van der Waals surface area contributed by atoms with Crippen molar-refractivity contribution < 1.29 is 9.59 Å². The second-order valence-electron chi connectivity index (χ2n) is 6.69. The summed E-state index contributed by atoms with van der Waals surface area (Å²) < 4.78 is 1.61. The zero-order valence-electron chi connectivity index (χ0n) is 15.6. The van der Waals surface area contributed by atoms with Crippen LogP contribution in [0.15, 0.2) is 23.0 Å². The van der Waals surface area contributed by atoms with E-state index in [-0.39, 0.29) is 23.8 Å². The van der Waals surface area contributed by atoms with Gasteiger partial charge in [-0.3, -0.25) is 14.4 Å². The van der Waals surface area contributed by atoms with E-state index in [0.29, 0.717) is 50.5 Å². The van der Waals surface area contributed by atoms with E-state index in [1.54, 1.807) is 27.4 Å². The van der Waals surface area contributed by atoms with Gasteiger partial charge in [-0.05, 0) is 26.3 Å². The molecule has 0 atom stereocenters. The molecule has 9 nitrogen and oxygen atoms in total. The van der Waals surface area contributed by atoms with Gasteiger partial charge in [0.05, 0.1) is 5.69 Å². The Morgan fingerprint density at radius 3 is 2.52 bits per heavy atom. The fraction of sp³-hybridized carbons (Fsp3) is 0.500. The number of H-pyrrole nitrogens is 1. The molecule has 1 aliphatic heterocycles. The van der Waals surface area contributed by atoms with Crippen molar-refractivity contribution >= 4 is 11.8 Å². The molecule has 0 spiro atoms. The first-order chi connectivity index (χ1) is 13.0. The number of aromatic nitrogens is 4. The van der Waals surface area contributed by atoms with E-state index in [4.69, 9.17) is 0 Å². The molecule has 0 unspecified atom stereocenters. The van der Waals surface area contributed by atoms with Crippen LogP contribution in [-0.4, -0.2) is 67.8 Å². The van der Waals surface area contributed by atoms with Gasteiger partial charge >= 0.3 is 0 Å². The summed E-state index contributed by atoms with van der Waals surface area (Å²) in [7, 11) is 0. The van der Waals surface area contributed by atoms with Crippen LogP contribution in [0.3, 0.4) is 0 Å². The monoisotopic (exact) mass is 372 g/mol. The predicted octanol–water partition coefficient (Wildman–Crippen LogP) is 0.348. The second kappa shape index (κ2) is 8.15. The fourth-order valence-electron chi connectivity index (χ4n) is 3.28. The molecule has 1 fully saturated rings. The molecule has 0 aliphatic carbocycles. The molecule has 1 N–H and O–H groups in total. The van der Waals surface area contributed by atoms with Crippen molar-refractivity contribution in [1.29, 1.82) is 0 Å². The number of nitrogens with zero attached hydrogens (tertiary/aromatic N) is 5. The zero-order valence-corrected chi connectivity index (χ0v) is 15.6. The molecule has 3 heterocycles. The minimum Gasteiger partial charge on any atom is -0.341 e. The van der Waals surface area contributed by atoms with E-state index in [9.17, 15) is 14.4 Å². The molecule has 144 valence electrons. The number of carbonyl (C=O) groups is 2. The van der Waals surface area contributed by atoms with Crippen molar-refractivity contribution in [2.75, 3.05) is 26.2 Å². The average Bonchev–Trinajstić information content (AvgIpc) is 2.92. The van der Waals surface area contributed by atoms with Crippen LogP contribution < -0.4 is 5.56 Å². The van der Waals surface area contributed by atoms with Gasteiger partial charge in [0.2, 0.25) is 5.91 Å². The highest BCUT2D eigenvalue weighted by Gasteiger charge is 2.25. The van der Waals surface area contributed by atoms with Crippen LogP contribution in [0.1, 0.15) is 34.7 Å². The number of amides is 2. The first kappa shape index (κ1) is 18.8. The van der Waals surface area contributed by atoms with E-state index in [1.165, 1.54) is 6.07 Å². The summed E-state index contributed by atoms with van der Waals surface area (Å²) in [6, 6.07) is 5.07. The number of carbonyl (C=O) groups excluding carboxylic acids is 2. The summed E-state index contributed by atoms with van der Waals surface area (Å²) in [6.45, 7) is 6.06. The lowest BCUT2D eigenvalue weighted by Gasteiger charge is -2.22. The molecular formula is C18H24N6O3. The van der Waals surface area contributed by atoms with E-state index in [1.807, 2.05) is 13.0 Å². The van der Waals surface area contributed by atoms with Crippen LogP contribution in [0.4, 0.5) is 0 Å². The Hall–Kier alpha value is -2.97. The third kappa shape index (κ3) is 4.24. The van der Waals surface area contributed by atoms with Crippen LogP contribution in [-0.2, 0) is 11.3 Å². The Balaban J connectivity index is 1.57. The zero-order chi connectivity index (χ0) is 19.4. The Labute approximate surface area is 157 Å². The van der Waals surface area contributed by atoms with E-state index in [0.717, 1.165) is 5.69 Å². The number of rotatable bonds is 4. The van der Waals surface area contributed by atoms with E-state index in [2.05, 4.69) is 15.4 Å². The number of aryl methyl sites for hydroxylation is 2. The van der Waals surface area contributed by atoms with Gasteiger partial charge in [0.15, 0.2) is 5.69 Å².